The average Bonchev–Trinajstić information content (AvgIpc) is 2.69. The summed E-state index contributed by atoms with van der Waals surface area (Å²) < 4.78 is 14.8. The van der Waals surface area contributed by atoms with Crippen LogP contribution < -0.4 is 10.2 Å². The predicted octanol–water partition coefficient (Wildman–Crippen LogP) is 4.38. The molecule has 1 unspecified atom stereocenters. The third kappa shape index (κ3) is 3.90. The lowest BCUT2D eigenvalue weighted by molar-refractivity contribution is -0.134. The minimum atomic E-state index is -0.461. The third-order valence-electron chi connectivity index (χ3n) is 5.79. The third-order valence-corrected chi connectivity index (χ3v) is 6.04. The standard InChI is InChI=1S/C22H22ClFN2O2/c23-17-4-1-14(2-5-17)15-9-11-26(12-10-15)20-7-3-16(13-19(20)24)18-6-8-21(27)25-22(18)28/h1-5,7,13,15,18H,6,8-12H2,(H,25,27,28). The number of imide groups is 1. The van der Waals surface area contributed by atoms with Crippen LogP contribution in [0.4, 0.5) is 10.1 Å². The van der Waals surface area contributed by atoms with Crippen LogP contribution in [0.2, 0.25) is 5.02 Å². The molecule has 0 spiro atoms. The zero-order chi connectivity index (χ0) is 19.7. The summed E-state index contributed by atoms with van der Waals surface area (Å²) in [6, 6.07) is 13.0. The molecule has 2 fully saturated rings. The average molecular weight is 401 g/mol. The van der Waals surface area contributed by atoms with Crippen LogP contribution in [0, 0.1) is 5.82 Å². The fourth-order valence-corrected chi connectivity index (χ4v) is 4.32. The molecule has 0 aliphatic carbocycles. The second-order valence-corrected chi connectivity index (χ2v) is 7.96. The molecule has 6 heteroatoms. The molecule has 0 radical (unpaired) electrons. The summed E-state index contributed by atoms with van der Waals surface area (Å²) >= 11 is 5.96. The predicted molar refractivity (Wildman–Crippen MR) is 107 cm³/mol. The molecular weight excluding hydrogens is 379 g/mol. The van der Waals surface area contributed by atoms with Gasteiger partial charge in [0.15, 0.2) is 0 Å². The normalized spacial score (nSPS) is 20.9. The number of carbonyl (C=O) groups is 2. The number of halogens is 2. The molecule has 2 heterocycles. The van der Waals surface area contributed by atoms with E-state index in [9.17, 15) is 14.0 Å². The molecule has 1 N–H and O–H groups in total. The van der Waals surface area contributed by atoms with Gasteiger partial charge in [-0.25, -0.2) is 4.39 Å². The SMILES string of the molecule is O=C1CCC(c2ccc(N3CCC(c4ccc(Cl)cc4)CC3)c(F)c2)C(=O)N1. The maximum atomic E-state index is 14.8. The zero-order valence-corrected chi connectivity index (χ0v) is 16.2. The molecule has 2 aliphatic heterocycles. The van der Waals surface area contributed by atoms with Crippen molar-refractivity contribution in [3.05, 3.63) is 64.4 Å². The van der Waals surface area contributed by atoms with E-state index in [4.69, 9.17) is 11.6 Å². The van der Waals surface area contributed by atoms with Crippen molar-refractivity contribution in [3.8, 4) is 0 Å². The molecule has 2 saturated heterocycles. The second kappa shape index (κ2) is 7.92. The van der Waals surface area contributed by atoms with E-state index >= 15 is 0 Å². The molecule has 0 aromatic heterocycles. The summed E-state index contributed by atoms with van der Waals surface area (Å²) in [5, 5.41) is 3.07. The van der Waals surface area contributed by atoms with Gasteiger partial charge in [0.1, 0.15) is 5.82 Å². The highest BCUT2D eigenvalue weighted by atomic mass is 35.5. The number of hydrogen-bond acceptors (Lipinski definition) is 3. The summed E-state index contributed by atoms with van der Waals surface area (Å²) in [6.45, 7) is 1.56. The Hall–Kier alpha value is -2.40. The second-order valence-electron chi connectivity index (χ2n) is 7.53. The van der Waals surface area contributed by atoms with Gasteiger partial charge in [0, 0.05) is 24.5 Å². The minimum Gasteiger partial charge on any atom is -0.369 e. The van der Waals surface area contributed by atoms with Crippen LogP contribution in [0.5, 0.6) is 0 Å². The number of carbonyl (C=O) groups excluding carboxylic acids is 2. The first-order valence-electron chi connectivity index (χ1n) is 9.65. The van der Waals surface area contributed by atoms with Gasteiger partial charge in [-0.15, -0.1) is 0 Å². The molecule has 4 rings (SSSR count). The van der Waals surface area contributed by atoms with Crippen molar-refractivity contribution in [1.29, 1.82) is 0 Å². The lowest BCUT2D eigenvalue weighted by Crippen LogP contribution is -2.39. The smallest absolute Gasteiger partial charge is 0.234 e. The maximum Gasteiger partial charge on any atom is 0.234 e. The van der Waals surface area contributed by atoms with Crippen LogP contribution in [-0.4, -0.2) is 24.9 Å². The molecule has 2 amide bonds. The van der Waals surface area contributed by atoms with Gasteiger partial charge in [-0.1, -0.05) is 29.8 Å². The van der Waals surface area contributed by atoms with Crippen molar-refractivity contribution >= 4 is 29.1 Å². The van der Waals surface area contributed by atoms with Gasteiger partial charge in [0.2, 0.25) is 11.8 Å². The molecular formula is C22H22ClFN2O2. The van der Waals surface area contributed by atoms with E-state index in [0.717, 1.165) is 31.0 Å². The Morgan fingerprint density at radius 1 is 0.964 bits per heavy atom. The van der Waals surface area contributed by atoms with Gasteiger partial charge in [0.05, 0.1) is 11.6 Å². The van der Waals surface area contributed by atoms with Crippen molar-refractivity contribution in [2.24, 2.45) is 0 Å². The van der Waals surface area contributed by atoms with Crippen molar-refractivity contribution in [2.75, 3.05) is 18.0 Å². The number of anilines is 1. The van der Waals surface area contributed by atoms with E-state index in [1.807, 2.05) is 18.2 Å². The Kier molecular flexibility index (Phi) is 5.36. The fourth-order valence-electron chi connectivity index (χ4n) is 4.20. The minimum absolute atomic E-state index is 0.262. The highest BCUT2D eigenvalue weighted by molar-refractivity contribution is 6.30. The number of piperidine rings is 2. The Morgan fingerprint density at radius 3 is 2.29 bits per heavy atom. The highest BCUT2D eigenvalue weighted by Gasteiger charge is 2.29. The summed E-state index contributed by atoms with van der Waals surface area (Å²) in [7, 11) is 0. The van der Waals surface area contributed by atoms with Gasteiger partial charge < -0.3 is 4.90 Å². The summed E-state index contributed by atoms with van der Waals surface area (Å²) in [4.78, 5) is 25.4. The number of amides is 2. The van der Waals surface area contributed by atoms with Crippen LogP contribution in [0.1, 0.15) is 48.6 Å². The number of hydrogen-bond donors (Lipinski definition) is 1. The number of nitrogens with zero attached hydrogens (tertiary/aromatic N) is 1. The van der Waals surface area contributed by atoms with Crippen LogP contribution in [0.3, 0.4) is 0 Å². The van der Waals surface area contributed by atoms with E-state index in [0.29, 0.717) is 23.6 Å². The molecule has 0 saturated carbocycles. The summed E-state index contributed by atoms with van der Waals surface area (Å²) in [5.41, 5.74) is 2.48. The number of rotatable bonds is 3. The first-order chi connectivity index (χ1) is 13.5. The van der Waals surface area contributed by atoms with E-state index < -0.39 is 5.92 Å². The molecule has 1 atom stereocenters. The van der Waals surface area contributed by atoms with E-state index in [-0.39, 0.29) is 24.1 Å². The Morgan fingerprint density at radius 2 is 1.64 bits per heavy atom. The van der Waals surface area contributed by atoms with Crippen LogP contribution in [0.25, 0.3) is 0 Å². The molecule has 28 heavy (non-hydrogen) atoms. The van der Waals surface area contributed by atoms with E-state index in [1.54, 1.807) is 6.07 Å². The molecule has 4 nitrogen and oxygen atoms in total. The van der Waals surface area contributed by atoms with Crippen LogP contribution in [0.15, 0.2) is 42.5 Å². The van der Waals surface area contributed by atoms with Crippen LogP contribution in [-0.2, 0) is 9.59 Å². The van der Waals surface area contributed by atoms with E-state index in [2.05, 4.69) is 22.3 Å². The van der Waals surface area contributed by atoms with Gasteiger partial charge in [-0.2, -0.15) is 0 Å². The van der Waals surface area contributed by atoms with Gasteiger partial charge in [0.25, 0.3) is 0 Å². The Balaban J connectivity index is 1.43. The first kappa shape index (κ1) is 18.9. The lowest BCUT2D eigenvalue weighted by atomic mass is 9.88. The van der Waals surface area contributed by atoms with Crippen LogP contribution >= 0.6 is 11.6 Å². The van der Waals surface area contributed by atoms with Gasteiger partial charge >= 0.3 is 0 Å². The number of nitrogens with one attached hydrogen (secondary N) is 1. The fraction of sp³-hybridized carbons (Fsp3) is 0.364. The summed E-state index contributed by atoms with van der Waals surface area (Å²) in [6.07, 6.45) is 2.62. The molecule has 0 bridgehead atoms. The quantitative estimate of drug-likeness (QED) is 0.777. The van der Waals surface area contributed by atoms with Crippen molar-refractivity contribution in [2.45, 2.75) is 37.5 Å². The summed E-state index contributed by atoms with van der Waals surface area (Å²) in [5.74, 6) is -0.919. The zero-order valence-electron chi connectivity index (χ0n) is 15.5. The monoisotopic (exact) mass is 400 g/mol. The number of benzene rings is 2. The molecule has 2 aromatic carbocycles. The first-order valence-corrected chi connectivity index (χ1v) is 10.0. The lowest BCUT2D eigenvalue weighted by Gasteiger charge is -2.34. The van der Waals surface area contributed by atoms with Crippen molar-refractivity contribution in [3.63, 3.8) is 0 Å². The molecule has 2 aliphatic rings. The Labute approximate surface area is 168 Å². The van der Waals surface area contributed by atoms with Crippen molar-refractivity contribution < 1.29 is 14.0 Å². The van der Waals surface area contributed by atoms with Gasteiger partial charge in [-0.05, 0) is 60.6 Å². The highest BCUT2D eigenvalue weighted by Crippen LogP contribution is 2.34. The molecule has 2 aromatic rings. The van der Waals surface area contributed by atoms with Crippen molar-refractivity contribution in [1.82, 2.24) is 5.32 Å². The maximum absolute atomic E-state index is 14.8. The Bertz CT molecular complexity index is 892. The van der Waals surface area contributed by atoms with E-state index in [1.165, 1.54) is 11.6 Å². The van der Waals surface area contributed by atoms with Gasteiger partial charge in [-0.3, -0.25) is 14.9 Å². The molecule has 146 valence electrons. The largest absolute Gasteiger partial charge is 0.369 e. The topological polar surface area (TPSA) is 49.4 Å².